The summed E-state index contributed by atoms with van der Waals surface area (Å²) in [6.45, 7) is 0.930. The summed E-state index contributed by atoms with van der Waals surface area (Å²) >= 11 is 0. The average molecular weight is 419 g/mol. The number of amides is 1. The first-order valence-corrected chi connectivity index (χ1v) is 8.61. The number of benzene rings is 2. The molecular weight excluding hydrogens is 406 g/mol. The van der Waals surface area contributed by atoms with E-state index in [1.807, 2.05) is 0 Å². The molecule has 0 atom stereocenters. The Morgan fingerprint density at radius 1 is 1.17 bits per heavy atom. The summed E-state index contributed by atoms with van der Waals surface area (Å²) in [5.41, 5.74) is 0.448. The minimum Gasteiger partial charge on any atom is -0.324 e. The molecule has 0 aliphatic heterocycles. The molecule has 1 N–H and O–H groups in total. The third kappa shape index (κ3) is 3.58. The van der Waals surface area contributed by atoms with E-state index in [0.717, 1.165) is 15.3 Å². The van der Waals surface area contributed by atoms with Crippen molar-refractivity contribution >= 4 is 22.6 Å². The smallest absolute Gasteiger partial charge is 0.324 e. The van der Waals surface area contributed by atoms with Gasteiger partial charge in [0.2, 0.25) is 11.7 Å². The van der Waals surface area contributed by atoms with Crippen LogP contribution in [0.5, 0.6) is 0 Å². The van der Waals surface area contributed by atoms with Gasteiger partial charge in [0.1, 0.15) is 18.0 Å². The highest BCUT2D eigenvalue weighted by Crippen LogP contribution is 2.31. The number of carbonyl (C=O) groups excluding carboxylic acids is 1. The van der Waals surface area contributed by atoms with Gasteiger partial charge in [-0.3, -0.25) is 4.79 Å². The highest BCUT2D eigenvalue weighted by molar-refractivity contribution is 5.92. The van der Waals surface area contributed by atoms with Gasteiger partial charge in [-0.15, -0.1) is 5.10 Å². The van der Waals surface area contributed by atoms with Crippen LogP contribution in [0, 0.1) is 12.7 Å². The van der Waals surface area contributed by atoms with Crippen LogP contribution in [0.3, 0.4) is 0 Å². The summed E-state index contributed by atoms with van der Waals surface area (Å²) in [6, 6.07) is 9.65. The molecular formula is C18H13F4N7O. The second kappa shape index (κ2) is 7.21. The normalized spacial score (nSPS) is 11.8. The maximum absolute atomic E-state index is 14.1. The van der Waals surface area contributed by atoms with Gasteiger partial charge in [-0.2, -0.15) is 17.9 Å². The zero-order valence-electron chi connectivity index (χ0n) is 15.4. The summed E-state index contributed by atoms with van der Waals surface area (Å²) in [4.78, 5) is 16.1. The quantitative estimate of drug-likeness (QED) is 0.514. The molecule has 12 heteroatoms. The van der Waals surface area contributed by atoms with Gasteiger partial charge in [0.15, 0.2) is 5.82 Å². The lowest BCUT2D eigenvalue weighted by molar-refractivity contribution is -0.147. The summed E-state index contributed by atoms with van der Waals surface area (Å²) in [7, 11) is 0. The fourth-order valence-corrected chi connectivity index (χ4v) is 3.00. The van der Waals surface area contributed by atoms with Crippen LogP contribution >= 0.6 is 0 Å². The third-order valence-corrected chi connectivity index (χ3v) is 4.29. The second-order valence-electron chi connectivity index (χ2n) is 6.36. The number of para-hydroxylation sites is 2. The zero-order chi connectivity index (χ0) is 21.5. The Labute approximate surface area is 166 Å². The van der Waals surface area contributed by atoms with Gasteiger partial charge in [0.05, 0.1) is 11.0 Å². The molecule has 0 spiro atoms. The second-order valence-corrected chi connectivity index (χ2v) is 6.36. The first-order chi connectivity index (χ1) is 14.2. The first-order valence-electron chi connectivity index (χ1n) is 8.61. The number of tetrazole rings is 1. The van der Waals surface area contributed by atoms with Crippen molar-refractivity contribution < 1.29 is 22.4 Å². The number of aryl methyl sites for hydroxylation is 1. The van der Waals surface area contributed by atoms with Crippen molar-refractivity contribution in [3.63, 3.8) is 0 Å². The minimum atomic E-state index is -4.74. The number of fused-ring (bicyclic) bond motifs is 1. The van der Waals surface area contributed by atoms with E-state index in [-0.39, 0.29) is 22.4 Å². The number of alkyl halides is 3. The van der Waals surface area contributed by atoms with Crippen molar-refractivity contribution in [1.29, 1.82) is 0 Å². The van der Waals surface area contributed by atoms with Gasteiger partial charge in [-0.1, -0.05) is 12.1 Å². The summed E-state index contributed by atoms with van der Waals surface area (Å²) < 4.78 is 56.2. The van der Waals surface area contributed by atoms with Crippen molar-refractivity contribution in [3.05, 3.63) is 59.9 Å². The number of anilines is 1. The molecule has 0 saturated carbocycles. The number of hydrogen-bond acceptors (Lipinski definition) is 5. The van der Waals surface area contributed by atoms with E-state index in [1.54, 1.807) is 19.1 Å². The topological polar surface area (TPSA) is 90.5 Å². The Hall–Kier alpha value is -3.83. The molecule has 30 heavy (non-hydrogen) atoms. The molecule has 1 amide bonds. The fourth-order valence-electron chi connectivity index (χ4n) is 3.00. The predicted molar refractivity (Wildman–Crippen MR) is 97.2 cm³/mol. The van der Waals surface area contributed by atoms with Crippen LogP contribution in [0.4, 0.5) is 23.2 Å². The lowest BCUT2D eigenvalue weighted by atomic mass is 10.2. The maximum atomic E-state index is 14.1. The number of aromatic nitrogens is 6. The van der Waals surface area contributed by atoms with Crippen LogP contribution < -0.4 is 5.32 Å². The lowest BCUT2D eigenvalue weighted by Gasteiger charge is -2.12. The van der Waals surface area contributed by atoms with Gasteiger partial charge in [-0.05, 0) is 47.7 Å². The number of nitrogens with one attached hydrogen (secondary N) is 1. The molecule has 0 saturated heterocycles. The van der Waals surface area contributed by atoms with Crippen LogP contribution in [0.25, 0.3) is 16.7 Å². The largest absolute Gasteiger partial charge is 0.449 e. The first kappa shape index (κ1) is 19.5. The lowest BCUT2D eigenvalue weighted by Crippen LogP contribution is -2.23. The molecule has 8 nitrogen and oxygen atoms in total. The molecule has 0 aliphatic carbocycles. The van der Waals surface area contributed by atoms with E-state index in [4.69, 9.17) is 0 Å². The van der Waals surface area contributed by atoms with E-state index in [9.17, 15) is 22.4 Å². The Morgan fingerprint density at radius 2 is 1.93 bits per heavy atom. The molecule has 0 fully saturated rings. The van der Waals surface area contributed by atoms with Crippen molar-refractivity contribution in [2.45, 2.75) is 19.6 Å². The van der Waals surface area contributed by atoms with Gasteiger partial charge in [0.25, 0.3) is 0 Å². The summed E-state index contributed by atoms with van der Waals surface area (Å²) in [5, 5.41) is 13.2. The van der Waals surface area contributed by atoms with Crippen LogP contribution in [0.2, 0.25) is 0 Å². The third-order valence-electron chi connectivity index (χ3n) is 4.29. The molecule has 0 unspecified atom stereocenters. The van der Waals surface area contributed by atoms with E-state index >= 15 is 0 Å². The van der Waals surface area contributed by atoms with Gasteiger partial charge >= 0.3 is 6.18 Å². The molecule has 2 aromatic heterocycles. The Morgan fingerprint density at radius 3 is 2.63 bits per heavy atom. The van der Waals surface area contributed by atoms with Gasteiger partial charge < -0.3 is 9.88 Å². The zero-order valence-corrected chi connectivity index (χ0v) is 15.4. The van der Waals surface area contributed by atoms with Crippen LogP contribution in [0.1, 0.15) is 11.6 Å². The Balaban J connectivity index is 1.63. The van der Waals surface area contributed by atoms with E-state index < -0.39 is 30.3 Å². The van der Waals surface area contributed by atoms with Gasteiger partial charge in [0, 0.05) is 5.69 Å². The van der Waals surface area contributed by atoms with E-state index in [0.29, 0.717) is 5.82 Å². The molecule has 0 bridgehead atoms. The Kier molecular flexibility index (Phi) is 4.68. The highest BCUT2D eigenvalue weighted by Gasteiger charge is 2.38. The fraction of sp³-hybridized carbons (Fsp3) is 0.167. The van der Waals surface area contributed by atoms with Crippen molar-refractivity contribution in [1.82, 2.24) is 29.8 Å². The minimum absolute atomic E-state index is 0.0145. The monoisotopic (exact) mass is 419 g/mol. The SMILES string of the molecule is Cc1nnnn1-c1cc(NC(=O)Cn2c(C(F)(F)F)nc3ccccc32)ccc1F. The molecule has 154 valence electrons. The number of imidazole rings is 1. The molecule has 4 aromatic rings. The highest BCUT2D eigenvalue weighted by atomic mass is 19.4. The summed E-state index contributed by atoms with van der Waals surface area (Å²) in [5.74, 6) is -2.24. The standard InChI is InChI=1S/C18H13F4N7O/c1-10-25-26-27-29(10)15-8-11(6-7-12(15)19)23-16(30)9-28-14-5-3-2-4-13(14)24-17(28)18(20,21)22/h2-8H,9H2,1H3,(H,23,30). The number of rotatable bonds is 4. The Bertz CT molecular complexity index is 1250. The van der Waals surface area contributed by atoms with Crippen molar-refractivity contribution in [3.8, 4) is 5.69 Å². The average Bonchev–Trinajstić information content (AvgIpc) is 3.27. The van der Waals surface area contributed by atoms with E-state index in [1.165, 1.54) is 24.3 Å². The molecule has 0 radical (unpaired) electrons. The number of nitrogens with zero attached hydrogens (tertiary/aromatic N) is 6. The van der Waals surface area contributed by atoms with Crippen LogP contribution in [-0.4, -0.2) is 35.7 Å². The molecule has 4 rings (SSSR count). The number of hydrogen-bond donors (Lipinski definition) is 1. The molecule has 2 heterocycles. The van der Waals surface area contributed by atoms with Crippen LogP contribution in [-0.2, 0) is 17.5 Å². The number of carbonyl (C=O) groups is 1. The molecule has 2 aromatic carbocycles. The number of halogens is 4. The molecule has 0 aliphatic rings. The predicted octanol–water partition coefficient (Wildman–Crippen LogP) is 3.12. The summed E-state index contributed by atoms with van der Waals surface area (Å²) in [6.07, 6.45) is -4.74. The van der Waals surface area contributed by atoms with Crippen molar-refractivity contribution in [2.75, 3.05) is 5.32 Å². The van der Waals surface area contributed by atoms with Gasteiger partial charge in [-0.25, -0.2) is 9.37 Å². The maximum Gasteiger partial charge on any atom is 0.449 e. The van der Waals surface area contributed by atoms with E-state index in [2.05, 4.69) is 25.8 Å². The van der Waals surface area contributed by atoms with Crippen molar-refractivity contribution in [2.24, 2.45) is 0 Å². The van der Waals surface area contributed by atoms with Crippen LogP contribution in [0.15, 0.2) is 42.5 Å².